The summed E-state index contributed by atoms with van der Waals surface area (Å²) in [5, 5.41) is 0. The fourth-order valence-electron chi connectivity index (χ4n) is 1.42. The van der Waals surface area contributed by atoms with Crippen LogP contribution in [0.2, 0.25) is 0 Å². The van der Waals surface area contributed by atoms with Gasteiger partial charge in [-0.2, -0.15) is 0 Å². The first-order valence-corrected chi connectivity index (χ1v) is 5.37. The topological polar surface area (TPSA) is 35.2 Å². The minimum atomic E-state index is 0.0543. The van der Waals surface area contributed by atoms with E-state index in [1.54, 1.807) is 0 Å². The van der Waals surface area contributed by atoms with Crippen molar-refractivity contribution >= 4 is 0 Å². The van der Waals surface area contributed by atoms with Crippen LogP contribution in [0.25, 0.3) is 0 Å². The Balaban J connectivity index is 2.80. The molecule has 84 valence electrons. The van der Waals surface area contributed by atoms with E-state index in [2.05, 4.69) is 20.8 Å². The molecule has 0 aliphatic rings. The lowest BCUT2D eigenvalue weighted by atomic mass is 9.89. The van der Waals surface area contributed by atoms with Gasteiger partial charge in [0, 0.05) is 12.0 Å². The smallest absolute Gasteiger partial charge is 0.122 e. The van der Waals surface area contributed by atoms with Crippen LogP contribution in [0.1, 0.15) is 26.3 Å². The average Bonchev–Trinajstić information content (AvgIpc) is 2.14. The van der Waals surface area contributed by atoms with E-state index in [-0.39, 0.29) is 11.5 Å². The first kappa shape index (κ1) is 12.1. The van der Waals surface area contributed by atoms with E-state index in [1.165, 1.54) is 0 Å². The minimum Gasteiger partial charge on any atom is -0.488 e. The Labute approximate surface area is 92.4 Å². The van der Waals surface area contributed by atoms with Gasteiger partial charge in [-0.3, -0.25) is 0 Å². The normalized spacial score (nSPS) is 13.7. The van der Waals surface area contributed by atoms with E-state index in [0.29, 0.717) is 6.54 Å². The fourth-order valence-corrected chi connectivity index (χ4v) is 1.42. The molecule has 1 aromatic carbocycles. The summed E-state index contributed by atoms with van der Waals surface area (Å²) in [5.74, 6) is 0.933. The third-order valence-electron chi connectivity index (χ3n) is 2.54. The molecule has 0 bridgehead atoms. The first-order valence-electron chi connectivity index (χ1n) is 5.37. The number of ether oxygens (including phenoxy) is 1. The highest BCUT2D eigenvalue weighted by atomic mass is 16.5. The van der Waals surface area contributed by atoms with E-state index < -0.39 is 0 Å². The van der Waals surface area contributed by atoms with Gasteiger partial charge in [-0.15, -0.1) is 0 Å². The van der Waals surface area contributed by atoms with Gasteiger partial charge in [0.15, 0.2) is 0 Å². The zero-order chi connectivity index (χ0) is 11.5. The predicted octanol–water partition coefficient (Wildman–Crippen LogP) is 2.75. The molecule has 0 saturated carbocycles. The summed E-state index contributed by atoms with van der Waals surface area (Å²) in [7, 11) is 0. The molecule has 0 aliphatic carbocycles. The Morgan fingerprint density at radius 3 is 2.33 bits per heavy atom. The van der Waals surface area contributed by atoms with Gasteiger partial charge in [0.25, 0.3) is 0 Å². The van der Waals surface area contributed by atoms with Crippen molar-refractivity contribution in [3.63, 3.8) is 0 Å². The van der Waals surface area contributed by atoms with Crippen molar-refractivity contribution < 1.29 is 4.74 Å². The number of benzene rings is 1. The fraction of sp³-hybridized carbons (Fsp3) is 0.538. The maximum Gasteiger partial charge on any atom is 0.122 e. The highest BCUT2D eigenvalue weighted by Crippen LogP contribution is 2.26. The summed E-state index contributed by atoms with van der Waals surface area (Å²) in [4.78, 5) is 0. The van der Waals surface area contributed by atoms with Gasteiger partial charge in [0.1, 0.15) is 11.9 Å². The monoisotopic (exact) mass is 207 g/mol. The molecule has 0 spiro atoms. The van der Waals surface area contributed by atoms with E-state index >= 15 is 0 Å². The van der Waals surface area contributed by atoms with Crippen molar-refractivity contribution in [1.29, 1.82) is 0 Å². The molecule has 0 aliphatic heterocycles. The molecular weight excluding hydrogens is 186 g/mol. The van der Waals surface area contributed by atoms with Crippen molar-refractivity contribution in [2.24, 2.45) is 11.1 Å². The largest absolute Gasteiger partial charge is 0.488 e. The predicted molar refractivity (Wildman–Crippen MR) is 64.1 cm³/mol. The van der Waals surface area contributed by atoms with E-state index in [4.69, 9.17) is 10.5 Å². The lowest BCUT2D eigenvalue weighted by Gasteiger charge is -2.30. The lowest BCUT2D eigenvalue weighted by molar-refractivity contribution is 0.0935. The third kappa shape index (κ3) is 3.24. The van der Waals surface area contributed by atoms with Crippen LogP contribution < -0.4 is 10.5 Å². The molecule has 1 unspecified atom stereocenters. The second-order valence-electron chi connectivity index (χ2n) is 4.97. The standard InChI is InChI=1S/C13H21NO/c1-10-7-5-6-8-11(10)15-12(9-14)13(2,3)4/h5-8,12H,9,14H2,1-4H3. The van der Waals surface area contributed by atoms with Crippen LogP contribution in [-0.4, -0.2) is 12.6 Å². The zero-order valence-corrected chi connectivity index (χ0v) is 10.1. The van der Waals surface area contributed by atoms with E-state index in [9.17, 15) is 0 Å². The Hall–Kier alpha value is -1.02. The van der Waals surface area contributed by atoms with Crippen molar-refractivity contribution in [3.05, 3.63) is 29.8 Å². The summed E-state index contributed by atoms with van der Waals surface area (Å²) >= 11 is 0. The van der Waals surface area contributed by atoms with Crippen LogP contribution in [0.15, 0.2) is 24.3 Å². The average molecular weight is 207 g/mol. The zero-order valence-electron chi connectivity index (χ0n) is 10.1. The first-order chi connectivity index (χ1) is 6.95. The summed E-state index contributed by atoms with van der Waals surface area (Å²) in [6.45, 7) is 9.01. The number of rotatable bonds is 3. The van der Waals surface area contributed by atoms with Crippen LogP contribution in [0.5, 0.6) is 5.75 Å². The van der Waals surface area contributed by atoms with Crippen LogP contribution >= 0.6 is 0 Å². The van der Waals surface area contributed by atoms with E-state index in [0.717, 1.165) is 11.3 Å². The number of aryl methyl sites for hydroxylation is 1. The molecule has 1 rings (SSSR count). The third-order valence-corrected chi connectivity index (χ3v) is 2.54. The molecule has 15 heavy (non-hydrogen) atoms. The quantitative estimate of drug-likeness (QED) is 0.827. The highest BCUT2D eigenvalue weighted by molar-refractivity contribution is 5.32. The van der Waals surface area contributed by atoms with Gasteiger partial charge < -0.3 is 10.5 Å². The second kappa shape index (κ2) is 4.67. The Bertz CT molecular complexity index is 315. The molecule has 0 amide bonds. The van der Waals surface area contributed by atoms with Crippen LogP contribution in [0, 0.1) is 12.3 Å². The number of nitrogens with two attached hydrogens (primary N) is 1. The van der Waals surface area contributed by atoms with Gasteiger partial charge in [0.2, 0.25) is 0 Å². The van der Waals surface area contributed by atoms with Crippen molar-refractivity contribution in [2.75, 3.05) is 6.54 Å². The molecule has 0 fully saturated rings. The van der Waals surface area contributed by atoms with Crippen LogP contribution in [0.3, 0.4) is 0 Å². The number of hydrogen-bond donors (Lipinski definition) is 1. The molecule has 2 heteroatoms. The lowest BCUT2D eigenvalue weighted by Crippen LogP contribution is -2.38. The Morgan fingerprint density at radius 2 is 1.87 bits per heavy atom. The molecule has 2 nitrogen and oxygen atoms in total. The maximum atomic E-state index is 5.93. The molecule has 2 N–H and O–H groups in total. The molecule has 0 radical (unpaired) electrons. The summed E-state index contributed by atoms with van der Waals surface area (Å²) in [6, 6.07) is 8.03. The number of hydrogen-bond acceptors (Lipinski definition) is 2. The van der Waals surface area contributed by atoms with Crippen molar-refractivity contribution in [3.8, 4) is 5.75 Å². The SMILES string of the molecule is Cc1ccccc1OC(CN)C(C)(C)C. The molecule has 1 aromatic rings. The summed E-state index contributed by atoms with van der Waals surface area (Å²) < 4.78 is 5.93. The Kier molecular flexibility index (Phi) is 3.75. The molecule has 0 aromatic heterocycles. The maximum absolute atomic E-state index is 5.93. The van der Waals surface area contributed by atoms with Gasteiger partial charge in [0.05, 0.1) is 0 Å². The van der Waals surface area contributed by atoms with Gasteiger partial charge >= 0.3 is 0 Å². The van der Waals surface area contributed by atoms with Gasteiger partial charge in [-0.05, 0) is 18.6 Å². The summed E-state index contributed by atoms with van der Waals surface area (Å²) in [5.41, 5.74) is 6.95. The second-order valence-corrected chi connectivity index (χ2v) is 4.97. The van der Waals surface area contributed by atoms with Crippen LogP contribution in [-0.2, 0) is 0 Å². The number of para-hydroxylation sites is 1. The van der Waals surface area contributed by atoms with Crippen LogP contribution in [0.4, 0.5) is 0 Å². The van der Waals surface area contributed by atoms with Crippen molar-refractivity contribution in [1.82, 2.24) is 0 Å². The van der Waals surface area contributed by atoms with E-state index in [1.807, 2.05) is 31.2 Å². The molecule has 0 heterocycles. The minimum absolute atomic E-state index is 0.0543. The van der Waals surface area contributed by atoms with Gasteiger partial charge in [-0.25, -0.2) is 0 Å². The van der Waals surface area contributed by atoms with Gasteiger partial charge in [-0.1, -0.05) is 39.0 Å². The molecule has 0 saturated heterocycles. The molecular formula is C13H21NO. The highest BCUT2D eigenvalue weighted by Gasteiger charge is 2.25. The Morgan fingerprint density at radius 1 is 1.27 bits per heavy atom. The molecule has 1 atom stereocenters. The summed E-state index contributed by atoms with van der Waals surface area (Å²) in [6.07, 6.45) is 0.0543. The van der Waals surface area contributed by atoms with Crippen molar-refractivity contribution in [2.45, 2.75) is 33.8 Å².